The summed E-state index contributed by atoms with van der Waals surface area (Å²) in [5, 5.41) is 11.7. The van der Waals surface area contributed by atoms with E-state index in [0.29, 0.717) is 12.5 Å². The highest BCUT2D eigenvalue weighted by atomic mass is 16.5. The lowest BCUT2D eigenvalue weighted by molar-refractivity contribution is -0.136. The van der Waals surface area contributed by atoms with Crippen molar-refractivity contribution in [3.63, 3.8) is 0 Å². The van der Waals surface area contributed by atoms with Crippen molar-refractivity contribution in [2.75, 3.05) is 19.7 Å². The second-order valence-electron chi connectivity index (χ2n) is 6.04. The Morgan fingerprint density at radius 3 is 2.35 bits per heavy atom. The predicted octanol–water partition coefficient (Wildman–Crippen LogP) is 3.89. The maximum atomic E-state index is 10.4. The molecule has 0 heterocycles. The second kappa shape index (κ2) is 11.9. The molecule has 0 atom stereocenters. The van der Waals surface area contributed by atoms with Crippen LogP contribution in [0, 0.1) is 5.92 Å². The van der Waals surface area contributed by atoms with E-state index >= 15 is 0 Å². The third kappa shape index (κ3) is 9.24. The second-order valence-corrected chi connectivity index (χ2v) is 6.04. The minimum Gasteiger partial charge on any atom is -0.493 e. The molecule has 0 saturated heterocycles. The maximum absolute atomic E-state index is 10.4. The summed E-state index contributed by atoms with van der Waals surface area (Å²) in [5.74, 6) is 0.830. The lowest BCUT2D eigenvalue weighted by Gasteiger charge is -2.16. The Morgan fingerprint density at radius 1 is 1.13 bits per heavy atom. The van der Waals surface area contributed by atoms with Gasteiger partial charge in [-0.05, 0) is 49.4 Å². The molecule has 0 spiro atoms. The smallest absolute Gasteiger partial charge is 0.304 e. The lowest BCUT2D eigenvalue weighted by atomic mass is 9.99. The number of ether oxygens (including phenoxy) is 1. The molecule has 1 aromatic rings. The van der Waals surface area contributed by atoms with Crippen molar-refractivity contribution in [3.05, 3.63) is 29.8 Å². The van der Waals surface area contributed by atoms with Crippen LogP contribution in [0.1, 0.15) is 51.5 Å². The van der Waals surface area contributed by atoms with Crippen molar-refractivity contribution in [1.82, 2.24) is 5.32 Å². The van der Waals surface area contributed by atoms with Crippen LogP contribution < -0.4 is 10.1 Å². The van der Waals surface area contributed by atoms with Gasteiger partial charge in [0.25, 0.3) is 0 Å². The highest BCUT2D eigenvalue weighted by Crippen LogP contribution is 2.18. The zero-order valence-corrected chi connectivity index (χ0v) is 14.5. The van der Waals surface area contributed by atoms with Crippen molar-refractivity contribution in [3.8, 4) is 5.75 Å². The van der Waals surface area contributed by atoms with Gasteiger partial charge >= 0.3 is 5.97 Å². The summed E-state index contributed by atoms with van der Waals surface area (Å²) in [6.45, 7) is 6.57. The van der Waals surface area contributed by atoms with Gasteiger partial charge in [-0.25, -0.2) is 0 Å². The van der Waals surface area contributed by atoms with E-state index in [-0.39, 0.29) is 6.42 Å². The summed E-state index contributed by atoms with van der Waals surface area (Å²) in [6.07, 6.45) is 5.95. The Kier molecular flexibility index (Phi) is 10.1. The molecule has 0 saturated carbocycles. The van der Waals surface area contributed by atoms with Crippen LogP contribution in [0.5, 0.6) is 5.75 Å². The molecule has 0 aliphatic rings. The average molecular weight is 321 g/mol. The van der Waals surface area contributed by atoms with Crippen LogP contribution in [0.4, 0.5) is 0 Å². The van der Waals surface area contributed by atoms with Crippen LogP contribution in [0.2, 0.25) is 0 Å². The molecule has 1 rings (SSSR count). The van der Waals surface area contributed by atoms with Crippen LogP contribution >= 0.6 is 0 Å². The van der Waals surface area contributed by atoms with Crippen LogP contribution in [0.25, 0.3) is 0 Å². The third-order valence-corrected chi connectivity index (χ3v) is 3.91. The fourth-order valence-corrected chi connectivity index (χ4v) is 2.65. The summed E-state index contributed by atoms with van der Waals surface area (Å²) in [6, 6.07) is 8.23. The van der Waals surface area contributed by atoms with Gasteiger partial charge in [-0.15, -0.1) is 0 Å². The topological polar surface area (TPSA) is 58.6 Å². The minimum atomic E-state index is -0.761. The van der Waals surface area contributed by atoms with E-state index in [2.05, 4.69) is 31.3 Å². The number of nitrogens with one attached hydrogen (secondary N) is 1. The van der Waals surface area contributed by atoms with Crippen molar-refractivity contribution in [1.29, 1.82) is 0 Å². The van der Waals surface area contributed by atoms with E-state index in [1.807, 2.05) is 12.1 Å². The van der Waals surface area contributed by atoms with Crippen molar-refractivity contribution < 1.29 is 14.6 Å². The van der Waals surface area contributed by atoms with Gasteiger partial charge in [0.05, 0.1) is 13.0 Å². The molecule has 1 aromatic carbocycles. The fraction of sp³-hybridized carbons (Fsp3) is 0.632. The van der Waals surface area contributed by atoms with E-state index < -0.39 is 5.97 Å². The zero-order valence-electron chi connectivity index (χ0n) is 14.5. The van der Waals surface area contributed by atoms with Crippen molar-refractivity contribution in [2.45, 2.75) is 52.4 Å². The van der Waals surface area contributed by atoms with Gasteiger partial charge in [-0.1, -0.05) is 38.8 Å². The van der Waals surface area contributed by atoms with E-state index in [1.165, 1.54) is 31.2 Å². The fourth-order valence-electron chi connectivity index (χ4n) is 2.65. The molecule has 4 heteroatoms. The Labute approximate surface area is 140 Å². The van der Waals surface area contributed by atoms with Gasteiger partial charge in [0, 0.05) is 6.54 Å². The molecule has 0 amide bonds. The van der Waals surface area contributed by atoms with Gasteiger partial charge in [0.1, 0.15) is 5.75 Å². The molecule has 0 bridgehead atoms. The zero-order chi connectivity index (χ0) is 16.9. The molecule has 0 radical (unpaired) electrons. The van der Waals surface area contributed by atoms with Gasteiger partial charge < -0.3 is 15.2 Å². The van der Waals surface area contributed by atoms with Crippen molar-refractivity contribution >= 4 is 5.97 Å². The Hall–Kier alpha value is -1.55. The Balaban J connectivity index is 2.28. The van der Waals surface area contributed by atoms with E-state index in [1.54, 1.807) is 0 Å². The monoisotopic (exact) mass is 321 g/mol. The van der Waals surface area contributed by atoms with Gasteiger partial charge in [0.15, 0.2) is 0 Å². The standard InChI is InChI=1S/C19H31NO3/c1-3-5-17(6-4-2)15-23-18-9-7-16(8-10-18)11-13-20-14-12-19(21)22/h7-10,17,20H,3-6,11-15H2,1-2H3,(H,21,22). The van der Waals surface area contributed by atoms with Gasteiger partial charge in [0.2, 0.25) is 0 Å². The Bertz CT molecular complexity index is 425. The summed E-state index contributed by atoms with van der Waals surface area (Å²) in [5.41, 5.74) is 1.24. The molecule has 130 valence electrons. The number of carboxylic acid groups (broad SMARTS) is 1. The van der Waals surface area contributed by atoms with Crippen LogP contribution in [0.15, 0.2) is 24.3 Å². The molecule has 23 heavy (non-hydrogen) atoms. The lowest BCUT2D eigenvalue weighted by Crippen LogP contribution is -2.20. The maximum Gasteiger partial charge on any atom is 0.304 e. The summed E-state index contributed by atoms with van der Waals surface area (Å²) >= 11 is 0. The molecular weight excluding hydrogens is 290 g/mol. The van der Waals surface area contributed by atoms with E-state index in [4.69, 9.17) is 9.84 Å². The molecule has 0 unspecified atom stereocenters. The van der Waals surface area contributed by atoms with Crippen LogP contribution in [-0.2, 0) is 11.2 Å². The van der Waals surface area contributed by atoms with Crippen LogP contribution in [0.3, 0.4) is 0 Å². The quantitative estimate of drug-likeness (QED) is 0.541. The third-order valence-electron chi connectivity index (χ3n) is 3.91. The van der Waals surface area contributed by atoms with E-state index in [0.717, 1.165) is 25.3 Å². The Morgan fingerprint density at radius 2 is 1.78 bits per heavy atom. The van der Waals surface area contributed by atoms with Gasteiger partial charge in [-0.2, -0.15) is 0 Å². The molecular formula is C19H31NO3. The number of hydrogen-bond acceptors (Lipinski definition) is 3. The summed E-state index contributed by atoms with van der Waals surface area (Å²) < 4.78 is 5.92. The molecule has 4 nitrogen and oxygen atoms in total. The van der Waals surface area contributed by atoms with Gasteiger partial charge in [-0.3, -0.25) is 4.79 Å². The summed E-state index contributed by atoms with van der Waals surface area (Å²) in [7, 11) is 0. The number of carboxylic acids is 1. The molecule has 0 aliphatic heterocycles. The predicted molar refractivity (Wildman–Crippen MR) is 94.1 cm³/mol. The first-order valence-electron chi connectivity index (χ1n) is 8.80. The highest BCUT2D eigenvalue weighted by molar-refractivity contribution is 5.66. The first-order valence-corrected chi connectivity index (χ1v) is 8.80. The molecule has 0 fully saturated rings. The number of carbonyl (C=O) groups is 1. The molecule has 0 aliphatic carbocycles. The van der Waals surface area contributed by atoms with Crippen LogP contribution in [-0.4, -0.2) is 30.8 Å². The largest absolute Gasteiger partial charge is 0.493 e. The molecule has 2 N–H and O–H groups in total. The SMILES string of the molecule is CCCC(CCC)COc1ccc(CCNCCC(=O)O)cc1. The first-order chi connectivity index (χ1) is 11.2. The van der Waals surface area contributed by atoms with Crippen molar-refractivity contribution in [2.24, 2.45) is 5.92 Å². The number of benzene rings is 1. The first kappa shape index (κ1) is 19.5. The minimum absolute atomic E-state index is 0.170. The number of rotatable bonds is 13. The number of aliphatic carboxylic acids is 1. The summed E-state index contributed by atoms with van der Waals surface area (Å²) in [4.78, 5) is 10.4. The average Bonchev–Trinajstić information content (AvgIpc) is 2.53. The number of hydrogen-bond donors (Lipinski definition) is 2. The normalized spacial score (nSPS) is 10.9. The molecule has 0 aromatic heterocycles. The highest BCUT2D eigenvalue weighted by Gasteiger charge is 2.07. The van der Waals surface area contributed by atoms with E-state index in [9.17, 15) is 4.79 Å².